The molecule has 7 heteroatoms. The van der Waals surface area contributed by atoms with Crippen LogP contribution in [0.1, 0.15) is 48.2 Å². The number of amides is 1. The lowest BCUT2D eigenvalue weighted by Gasteiger charge is -2.34. The van der Waals surface area contributed by atoms with Gasteiger partial charge in [-0.3, -0.25) is 4.79 Å². The maximum Gasteiger partial charge on any atom is 0.358 e. The Morgan fingerprint density at radius 3 is 2.52 bits per heavy atom. The van der Waals surface area contributed by atoms with Crippen LogP contribution >= 0.6 is 0 Å². The second-order valence-electron chi connectivity index (χ2n) is 6.41. The molecule has 2 aromatic rings. The Kier molecular flexibility index (Phi) is 5.42. The number of rotatable bonds is 6. The lowest BCUT2D eigenvalue weighted by Crippen LogP contribution is -2.42. The van der Waals surface area contributed by atoms with E-state index in [-0.39, 0.29) is 24.2 Å². The molecule has 0 spiro atoms. The van der Waals surface area contributed by atoms with Gasteiger partial charge in [0.1, 0.15) is 6.54 Å². The summed E-state index contributed by atoms with van der Waals surface area (Å²) in [5.74, 6) is -1.20. The number of aromatic nitrogens is 3. The molecule has 7 nitrogen and oxygen atoms in total. The van der Waals surface area contributed by atoms with Gasteiger partial charge in [0.15, 0.2) is 5.69 Å². The Labute approximate surface area is 146 Å². The quantitative estimate of drug-likeness (QED) is 0.870. The fourth-order valence-electron chi connectivity index (χ4n) is 3.30. The van der Waals surface area contributed by atoms with E-state index in [4.69, 9.17) is 5.11 Å². The first kappa shape index (κ1) is 17.1. The molecule has 1 heterocycles. The summed E-state index contributed by atoms with van der Waals surface area (Å²) < 4.78 is 1.30. The molecule has 132 valence electrons. The Hall–Kier alpha value is -2.70. The number of hydrogen-bond acceptors (Lipinski definition) is 4. The molecule has 3 rings (SSSR count). The lowest BCUT2D eigenvalue weighted by molar-refractivity contribution is -0.135. The number of carbonyl (C=O) groups excluding carboxylic acids is 1. The average molecular weight is 342 g/mol. The van der Waals surface area contributed by atoms with Crippen LogP contribution in [0.2, 0.25) is 0 Å². The highest BCUT2D eigenvalue weighted by atomic mass is 16.4. The molecule has 0 aliphatic heterocycles. The van der Waals surface area contributed by atoms with Gasteiger partial charge in [0.05, 0.1) is 6.20 Å². The highest BCUT2D eigenvalue weighted by molar-refractivity contribution is 5.84. The molecule has 1 amide bonds. The number of nitrogens with zero attached hydrogens (tertiary/aromatic N) is 4. The molecule has 1 aromatic heterocycles. The van der Waals surface area contributed by atoms with Gasteiger partial charge in [-0.25, -0.2) is 9.48 Å². The van der Waals surface area contributed by atoms with Crippen molar-refractivity contribution in [1.29, 1.82) is 0 Å². The predicted octanol–water partition coefficient (Wildman–Crippen LogP) is 2.34. The summed E-state index contributed by atoms with van der Waals surface area (Å²) in [5, 5.41) is 16.2. The maximum atomic E-state index is 12.9. The van der Waals surface area contributed by atoms with Gasteiger partial charge in [0.2, 0.25) is 5.91 Å². The summed E-state index contributed by atoms with van der Waals surface area (Å²) in [6.45, 7) is 0.564. The van der Waals surface area contributed by atoms with Crippen LogP contribution in [0.15, 0.2) is 36.5 Å². The monoisotopic (exact) mass is 342 g/mol. The molecule has 1 aromatic carbocycles. The van der Waals surface area contributed by atoms with Gasteiger partial charge in [-0.2, -0.15) is 0 Å². The molecule has 1 saturated carbocycles. The van der Waals surface area contributed by atoms with E-state index in [0.29, 0.717) is 6.54 Å². The van der Waals surface area contributed by atoms with Crippen molar-refractivity contribution < 1.29 is 14.7 Å². The fourth-order valence-corrected chi connectivity index (χ4v) is 3.30. The van der Waals surface area contributed by atoms with Crippen molar-refractivity contribution in [2.24, 2.45) is 0 Å². The minimum Gasteiger partial charge on any atom is -0.476 e. The summed E-state index contributed by atoms with van der Waals surface area (Å²) in [6.07, 6.45) is 6.80. The normalized spacial score (nSPS) is 15.0. The van der Waals surface area contributed by atoms with Gasteiger partial charge in [-0.15, -0.1) is 5.10 Å². The summed E-state index contributed by atoms with van der Waals surface area (Å²) in [4.78, 5) is 25.7. The smallest absolute Gasteiger partial charge is 0.358 e. The molecule has 1 N–H and O–H groups in total. The molecule has 0 unspecified atom stereocenters. The molecule has 0 atom stereocenters. The van der Waals surface area contributed by atoms with Gasteiger partial charge < -0.3 is 10.0 Å². The summed E-state index contributed by atoms with van der Waals surface area (Å²) >= 11 is 0. The van der Waals surface area contributed by atoms with Crippen molar-refractivity contribution in [3.05, 3.63) is 47.8 Å². The highest BCUT2D eigenvalue weighted by Gasteiger charge is 2.26. The van der Waals surface area contributed by atoms with Crippen LogP contribution in [0.3, 0.4) is 0 Å². The molecular weight excluding hydrogens is 320 g/mol. The minimum atomic E-state index is -1.15. The molecular formula is C18H22N4O3. The SMILES string of the molecule is O=C(O)c1cn(CC(=O)N(Cc2ccccc2)C2CCCCC2)nn1. The topological polar surface area (TPSA) is 88.3 Å². The second kappa shape index (κ2) is 7.92. The van der Waals surface area contributed by atoms with Gasteiger partial charge in [-0.1, -0.05) is 54.8 Å². The van der Waals surface area contributed by atoms with Crippen LogP contribution in [0.25, 0.3) is 0 Å². The van der Waals surface area contributed by atoms with E-state index in [2.05, 4.69) is 10.3 Å². The van der Waals surface area contributed by atoms with Crippen molar-refractivity contribution in [2.45, 2.75) is 51.2 Å². The number of hydrogen-bond donors (Lipinski definition) is 1. The molecule has 0 saturated heterocycles. The van der Waals surface area contributed by atoms with Gasteiger partial charge >= 0.3 is 5.97 Å². The molecule has 1 aliphatic carbocycles. The van der Waals surface area contributed by atoms with Crippen molar-refractivity contribution in [3.63, 3.8) is 0 Å². The van der Waals surface area contributed by atoms with Gasteiger partial charge in [-0.05, 0) is 18.4 Å². The third-order valence-corrected chi connectivity index (χ3v) is 4.59. The molecule has 0 radical (unpaired) electrons. The summed E-state index contributed by atoms with van der Waals surface area (Å²) in [7, 11) is 0. The lowest BCUT2D eigenvalue weighted by atomic mass is 9.93. The number of carboxylic acids is 1. The van der Waals surface area contributed by atoms with Crippen molar-refractivity contribution in [1.82, 2.24) is 19.9 Å². The summed E-state index contributed by atoms with van der Waals surface area (Å²) in [6, 6.07) is 10.1. The van der Waals surface area contributed by atoms with Crippen LogP contribution in [-0.2, 0) is 17.9 Å². The molecule has 0 bridgehead atoms. The Balaban J connectivity index is 1.74. The Bertz CT molecular complexity index is 723. The average Bonchev–Trinajstić information content (AvgIpc) is 3.10. The zero-order valence-electron chi connectivity index (χ0n) is 14.0. The van der Waals surface area contributed by atoms with Crippen LogP contribution in [0.4, 0.5) is 0 Å². The standard InChI is InChI=1S/C18H22N4O3/c23-17(13-21-12-16(18(24)25)19-20-21)22(15-9-5-2-6-10-15)11-14-7-3-1-4-8-14/h1,3-4,7-8,12,15H,2,5-6,9-11,13H2,(H,24,25). The highest BCUT2D eigenvalue weighted by Crippen LogP contribution is 2.24. The van der Waals surface area contributed by atoms with E-state index in [1.54, 1.807) is 0 Å². The maximum absolute atomic E-state index is 12.9. The number of aromatic carboxylic acids is 1. The van der Waals surface area contributed by atoms with Crippen molar-refractivity contribution in [3.8, 4) is 0 Å². The predicted molar refractivity (Wildman–Crippen MR) is 90.8 cm³/mol. The van der Waals surface area contributed by atoms with Gasteiger partial charge in [0.25, 0.3) is 0 Å². The van der Waals surface area contributed by atoms with Crippen LogP contribution < -0.4 is 0 Å². The second-order valence-corrected chi connectivity index (χ2v) is 6.41. The third kappa shape index (κ3) is 4.43. The molecule has 1 fully saturated rings. The van der Waals surface area contributed by atoms with Crippen LogP contribution in [-0.4, -0.2) is 42.9 Å². The van der Waals surface area contributed by atoms with E-state index >= 15 is 0 Å². The first-order chi connectivity index (χ1) is 12.1. The first-order valence-electron chi connectivity index (χ1n) is 8.60. The number of benzene rings is 1. The Morgan fingerprint density at radius 1 is 1.16 bits per heavy atom. The van der Waals surface area contributed by atoms with Crippen molar-refractivity contribution >= 4 is 11.9 Å². The van der Waals surface area contributed by atoms with E-state index in [1.165, 1.54) is 17.3 Å². The van der Waals surface area contributed by atoms with Gasteiger partial charge in [0, 0.05) is 12.6 Å². The zero-order chi connectivity index (χ0) is 17.6. The largest absolute Gasteiger partial charge is 0.476 e. The Morgan fingerprint density at radius 2 is 1.88 bits per heavy atom. The van der Waals surface area contributed by atoms with E-state index in [0.717, 1.165) is 31.2 Å². The summed E-state index contributed by atoms with van der Waals surface area (Å²) in [5.41, 5.74) is 0.936. The van der Waals surface area contributed by atoms with Crippen molar-refractivity contribution in [2.75, 3.05) is 0 Å². The number of carboxylic acid groups (broad SMARTS) is 1. The van der Waals surface area contributed by atoms with E-state index in [1.807, 2.05) is 35.2 Å². The van der Waals surface area contributed by atoms with E-state index in [9.17, 15) is 9.59 Å². The fraction of sp³-hybridized carbons (Fsp3) is 0.444. The van der Waals surface area contributed by atoms with Crippen LogP contribution in [0, 0.1) is 0 Å². The minimum absolute atomic E-state index is 0.00358. The third-order valence-electron chi connectivity index (χ3n) is 4.59. The number of carbonyl (C=O) groups is 2. The van der Waals surface area contributed by atoms with E-state index < -0.39 is 5.97 Å². The first-order valence-corrected chi connectivity index (χ1v) is 8.60. The molecule has 25 heavy (non-hydrogen) atoms. The van der Waals surface area contributed by atoms with Crippen LogP contribution in [0.5, 0.6) is 0 Å². The molecule has 1 aliphatic rings. The zero-order valence-corrected chi connectivity index (χ0v) is 14.0.